The lowest BCUT2D eigenvalue weighted by Gasteiger charge is -2.30. The number of carbonyl (C=O) groups is 1. The first-order valence-electron chi connectivity index (χ1n) is 4.03. The smallest absolute Gasteiger partial charge is 0.269 e. The molecule has 4 nitrogen and oxygen atoms in total. The summed E-state index contributed by atoms with van der Waals surface area (Å²) in [5, 5.41) is 20.0. The van der Waals surface area contributed by atoms with Gasteiger partial charge in [-0.1, -0.05) is 18.2 Å². The lowest BCUT2D eigenvalue weighted by molar-refractivity contribution is -0.335. The zero-order valence-corrected chi connectivity index (χ0v) is 7.14. The van der Waals surface area contributed by atoms with Crippen molar-refractivity contribution in [1.29, 1.82) is 0 Å². The van der Waals surface area contributed by atoms with Gasteiger partial charge in [0.1, 0.15) is 11.7 Å². The SMILES string of the molecule is O=C([O-])C1(O)C=Cc2ccccc2O1. The summed E-state index contributed by atoms with van der Waals surface area (Å²) in [6.45, 7) is 0. The Hall–Kier alpha value is -1.81. The van der Waals surface area contributed by atoms with Crippen molar-refractivity contribution < 1.29 is 19.7 Å². The van der Waals surface area contributed by atoms with Gasteiger partial charge in [0.05, 0.1) is 0 Å². The molecular weight excluding hydrogens is 184 g/mol. The van der Waals surface area contributed by atoms with Crippen molar-refractivity contribution in [3.05, 3.63) is 35.9 Å². The second-order valence-electron chi connectivity index (χ2n) is 2.96. The molecule has 1 aliphatic rings. The minimum Gasteiger partial charge on any atom is -0.543 e. The summed E-state index contributed by atoms with van der Waals surface area (Å²) in [5.74, 6) is -3.71. The maximum absolute atomic E-state index is 10.5. The standard InChI is InChI=1S/C10H8O4/c11-9(12)10(13)6-5-7-3-1-2-4-8(7)14-10/h1-6,13H,(H,11,12)/p-1. The van der Waals surface area contributed by atoms with Gasteiger partial charge >= 0.3 is 0 Å². The van der Waals surface area contributed by atoms with Crippen LogP contribution in [0.25, 0.3) is 6.08 Å². The molecule has 0 radical (unpaired) electrons. The van der Waals surface area contributed by atoms with Gasteiger partial charge in [0.25, 0.3) is 5.79 Å². The van der Waals surface area contributed by atoms with Gasteiger partial charge < -0.3 is 19.7 Å². The van der Waals surface area contributed by atoms with E-state index in [2.05, 4.69) is 0 Å². The third-order valence-corrected chi connectivity index (χ3v) is 1.97. The molecular formula is C10H7O4-. The molecule has 1 unspecified atom stereocenters. The molecule has 1 N–H and O–H groups in total. The van der Waals surface area contributed by atoms with Gasteiger partial charge in [-0.05, 0) is 18.2 Å². The van der Waals surface area contributed by atoms with Gasteiger partial charge in [-0.2, -0.15) is 0 Å². The Bertz CT molecular complexity index is 410. The van der Waals surface area contributed by atoms with Crippen LogP contribution in [0, 0.1) is 0 Å². The van der Waals surface area contributed by atoms with E-state index in [1.165, 1.54) is 6.08 Å². The Morgan fingerprint density at radius 1 is 1.43 bits per heavy atom. The van der Waals surface area contributed by atoms with E-state index in [1.807, 2.05) is 0 Å². The van der Waals surface area contributed by atoms with E-state index in [0.29, 0.717) is 5.75 Å². The minimum absolute atomic E-state index is 0.321. The predicted molar refractivity (Wildman–Crippen MR) is 46.1 cm³/mol. The summed E-state index contributed by atoms with van der Waals surface area (Å²) in [5.41, 5.74) is 0.721. The Balaban J connectivity index is 2.43. The van der Waals surface area contributed by atoms with E-state index in [1.54, 1.807) is 24.3 Å². The zero-order chi connectivity index (χ0) is 10.2. The topological polar surface area (TPSA) is 69.6 Å². The fraction of sp³-hybridized carbons (Fsp3) is 0.100. The van der Waals surface area contributed by atoms with Crippen LogP contribution in [0.5, 0.6) is 5.75 Å². The predicted octanol–water partition coefficient (Wildman–Crippen LogP) is -0.469. The van der Waals surface area contributed by atoms with E-state index in [0.717, 1.165) is 11.6 Å². The maximum Gasteiger partial charge on any atom is 0.269 e. The molecule has 1 aliphatic heterocycles. The second-order valence-corrected chi connectivity index (χ2v) is 2.96. The molecule has 0 aliphatic carbocycles. The first-order valence-corrected chi connectivity index (χ1v) is 4.03. The molecule has 0 amide bonds. The van der Waals surface area contributed by atoms with E-state index < -0.39 is 11.8 Å². The number of hydrogen-bond acceptors (Lipinski definition) is 4. The normalized spacial score (nSPS) is 23.8. The summed E-state index contributed by atoms with van der Waals surface area (Å²) >= 11 is 0. The van der Waals surface area contributed by atoms with Crippen molar-refractivity contribution in [2.24, 2.45) is 0 Å². The molecule has 1 heterocycles. The van der Waals surface area contributed by atoms with Crippen LogP contribution in [-0.4, -0.2) is 16.9 Å². The highest BCUT2D eigenvalue weighted by molar-refractivity contribution is 5.80. The Morgan fingerprint density at radius 3 is 2.86 bits per heavy atom. The van der Waals surface area contributed by atoms with E-state index >= 15 is 0 Å². The number of carboxylic acid groups (broad SMARTS) is 1. The van der Waals surface area contributed by atoms with E-state index in [9.17, 15) is 15.0 Å². The van der Waals surface area contributed by atoms with Crippen LogP contribution < -0.4 is 9.84 Å². The van der Waals surface area contributed by atoms with Crippen LogP contribution >= 0.6 is 0 Å². The number of carbonyl (C=O) groups excluding carboxylic acids is 1. The molecule has 1 aromatic carbocycles. The highest BCUT2D eigenvalue weighted by Crippen LogP contribution is 2.28. The van der Waals surface area contributed by atoms with Gasteiger partial charge in [-0.15, -0.1) is 0 Å². The number of ether oxygens (including phenoxy) is 1. The Labute approximate surface area is 80.1 Å². The molecule has 0 bridgehead atoms. The molecule has 0 spiro atoms. The first kappa shape index (κ1) is 8.77. The van der Waals surface area contributed by atoms with Crippen molar-refractivity contribution in [1.82, 2.24) is 0 Å². The Morgan fingerprint density at radius 2 is 2.14 bits per heavy atom. The monoisotopic (exact) mass is 191 g/mol. The average Bonchev–Trinajstić information content (AvgIpc) is 2.17. The number of benzene rings is 1. The fourth-order valence-electron chi connectivity index (χ4n) is 1.23. The van der Waals surface area contributed by atoms with Gasteiger partial charge in [0.15, 0.2) is 0 Å². The maximum atomic E-state index is 10.5. The number of aliphatic hydroxyl groups is 1. The fourth-order valence-corrected chi connectivity index (χ4v) is 1.23. The van der Waals surface area contributed by atoms with Crippen molar-refractivity contribution in [2.75, 3.05) is 0 Å². The van der Waals surface area contributed by atoms with Crippen LogP contribution in [-0.2, 0) is 4.79 Å². The van der Waals surface area contributed by atoms with Crippen molar-refractivity contribution >= 4 is 12.0 Å². The summed E-state index contributed by atoms with van der Waals surface area (Å²) in [6.07, 6.45) is 2.53. The molecule has 14 heavy (non-hydrogen) atoms. The zero-order valence-electron chi connectivity index (χ0n) is 7.14. The number of aliphatic carboxylic acids is 1. The van der Waals surface area contributed by atoms with Crippen LogP contribution in [0.3, 0.4) is 0 Å². The van der Waals surface area contributed by atoms with Crippen molar-refractivity contribution in [2.45, 2.75) is 5.79 Å². The highest BCUT2D eigenvalue weighted by atomic mass is 16.6. The van der Waals surface area contributed by atoms with Crippen LogP contribution in [0.4, 0.5) is 0 Å². The molecule has 2 rings (SSSR count). The number of para-hydroxylation sites is 1. The highest BCUT2D eigenvalue weighted by Gasteiger charge is 2.31. The summed E-state index contributed by atoms with van der Waals surface area (Å²) in [6, 6.07) is 6.80. The largest absolute Gasteiger partial charge is 0.543 e. The van der Waals surface area contributed by atoms with E-state index in [-0.39, 0.29) is 0 Å². The quantitative estimate of drug-likeness (QED) is 0.651. The molecule has 0 fully saturated rings. The molecule has 0 saturated carbocycles. The van der Waals surface area contributed by atoms with E-state index in [4.69, 9.17) is 4.74 Å². The summed E-state index contributed by atoms with van der Waals surface area (Å²) < 4.78 is 4.89. The van der Waals surface area contributed by atoms with Gasteiger partial charge in [-0.3, -0.25) is 0 Å². The summed E-state index contributed by atoms with van der Waals surface area (Å²) in [7, 11) is 0. The molecule has 4 heteroatoms. The third kappa shape index (κ3) is 1.25. The number of fused-ring (bicyclic) bond motifs is 1. The van der Waals surface area contributed by atoms with Crippen LogP contribution in [0.1, 0.15) is 5.56 Å². The average molecular weight is 191 g/mol. The Kier molecular flexibility index (Phi) is 1.79. The van der Waals surface area contributed by atoms with Crippen LogP contribution in [0.15, 0.2) is 30.3 Å². The molecule has 72 valence electrons. The van der Waals surface area contributed by atoms with Crippen molar-refractivity contribution in [3.63, 3.8) is 0 Å². The third-order valence-electron chi connectivity index (χ3n) is 1.97. The van der Waals surface area contributed by atoms with Gasteiger partial charge in [0, 0.05) is 5.56 Å². The number of hydrogen-bond donors (Lipinski definition) is 1. The second kappa shape index (κ2) is 2.85. The first-order chi connectivity index (χ1) is 6.62. The number of carboxylic acids is 1. The van der Waals surface area contributed by atoms with Gasteiger partial charge in [0.2, 0.25) is 0 Å². The van der Waals surface area contributed by atoms with Gasteiger partial charge in [-0.25, -0.2) is 0 Å². The molecule has 1 aromatic rings. The van der Waals surface area contributed by atoms with Crippen LogP contribution in [0.2, 0.25) is 0 Å². The molecule has 1 atom stereocenters. The lowest BCUT2D eigenvalue weighted by atomic mass is 10.1. The molecule has 0 saturated heterocycles. The number of rotatable bonds is 1. The molecule has 0 aromatic heterocycles. The lowest BCUT2D eigenvalue weighted by Crippen LogP contribution is -2.52. The van der Waals surface area contributed by atoms with Crippen molar-refractivity contribution in [3.8, 4) is 5.75 Å². The summed E-state index contributed by atoms with van der Waals surface area (Å²) in [4.78, 5) is 10.5. The minimum atomic E-state index is -2.35.